The van der Waals surface area contributed by atoms with Crippen molar-refractivity contribution in [1.29, 1.82) is 0 Å². The van der Waals surface area contributed by atoms with E-state index in [-0.39, 0.29) is 18.1 Å². The highest BCUT2D eigenvalue weighted by Crippen LogP contribution is 2.40. The normalized spacial score (nSPS) is 17.9. The fourth-order valence-electron chi connectivity index (χ4n) is 3.30. The van der Waals surface area contributed by atoms with Gasteiger partial charge in [0.15, 0.2) is 17.9 Å². The Morgan fingerprint density at radius 3 is 2.62 bits per heavy atom. The molecule has 5 rings (SSSR count). The minimum atomic E-state index is -0.190. The van der Waals surface area contributed by atoms with E-state index < -0.39 is 0 Å². The third-order valence-electron chi connectivity index (χ3n) is 4.84. The average molecular weight is 393 g/mol. The summed E-state index contributed by atoms with van der Waals surface area (Å²) in [6.45, 7) is 0. The van der Waals surface area contributed by atoms with E-state index in [2.05, 4.69) is 32.2 Å². The lowest BCUT2D eigenvalue weighted by Crippen LogP contribution is -2.32. The first-order valence-electron chi connectivity index (χ1n) is 8.88. The molecule has 3 aromatic heterocycles. The molecular formula is C20H19N5O4. The van der Waals surface area contributed by atoms with Gasteiger partial charge >= 0.3 is 0 Å². The van der Waals surface area contributed by atoms with E-state index in [1.54, 1.807) is 12.4 Å². The van der Waals surface area contributed by atoms with Crippen LogP contribution in [-0.2, 0) is 0 Å². The number of ether oxygens (including phenoxy) is 1. The van der Waals surface area contributed by atoms with Crippen LogP contribution in [0.5, 0.6) is 11.8 Å². The number of nitrogens with zero attached hydrogens (tertiary/aromatic N) is 4. The second-order valence-electron chi connectivity index (χ2n) is 6.69. The van der Waals surface area contributed by atoms with Crippen molar-refractivity contribution in [2.75, 3.05) is 0 Å². The van der Waals surface area contributed by atoms with Gasteiger partial charge < -0.3 is 24.9 Å². The van der Waals surface area contributed by atoms with Gasteiger partial charge in [0.2, 0.25) is 5.88 Å². The summed E-state index contributed by atoms with van der Waals surface area (Å²) < 4.78 is 16.2. The summed E-state index contributed by atoms with van der Waals surface area (Å²) >= 11 is 0. The van der Waals surface area contributed by atoms with Crippen LogP contribution in [0, 0.1) is 0 Å². The Kier molecular flexibility index (Phi) is 4.96. The van der Waals surface area contributed by atoms with Gasteiger partial charge in [0.05, 0.1) is 24.7 Å². The van der Waals surface area contributed by atoms with Crippen molar-refractivity contribution in [1.82, 2.24) is 26.3 Å². The molecule has 1 fully saturated rings. The van der Waals surface area contributed by atoms with E-state index in [1.165, 1.54) is 24.2 Å². The zero-order valence-corrected chi connectivity index (χ0v) is 15.4. The maximum atomic E-state index is 9.23. The van der Waals surface area contributed by atoms with Crippen molar-refractivity contribution < 1.29 is 18.8 Å². The number of aromatic nitrogens is 4. The number of benzene rings is 1. The molecule has 0 unspecified atom stereocenters. The van der Waals surface area contributed by atoms with Gasteiger partial charge in [0.25, 0.3) is 5.88 Å². The highest BCUT2D eigenvalue weighted by atomic mass is 16.5. The molecule has 0 atom stereocenters. The SMILES string of the molecule is N.Oc1cc(-c2cnc(O[C@H]3C[C@@H](c4cccc(-c5cnco5)c4)C3)cn2)on1. The van der Waals surface area contributed by atoms with Gasteiger partial charge in [-0.25, -0.2) is 15.0 Å². The third kappa shape index (κ3) is 3.81. The quantitative estimate of drug-likeness (QED) is 0.514. The molecule has 1 aliphatic rings. The molecule has 0 saturated heterocycles. The second kappa shape index (κ2) is 7.72. The first kappa shape index (κ1) is 18.6. The summed E-state index contributed by atoms with van der Waals surface area (Å²) in [6, 6.07) is 9.70. The monoisotopic (exact) mass is 393 g/mol. The van der Waals surface area contributed by atoms with Gasteiger partial charge in [-0.1, -0.05) is 18.2 Å². The Morgan fingerprint density at radius 2 is 1.93 bits per heavy atom. The largest absolute Gasteiger partial charge is 0.491 e. The lowest BCUT2D eigenvalue weighted by atomic mass is 9.77. The summed E-state index contributed by atoms with van der Waals surface area (Å²) in [4.78, 5) is 12.5. The van der Waals surface area contributed by atoms with E-state index in [4.69, 9.17) is 13.7 Å². The average Bonchev–Trinajstić information content (AvgIpc) is 3.37. The van der Waals surface area contributed by atoms with Crippen LogP contribution in [0.2, 0.25) is 0 Å². The van der Waals surface area contributed by atoms with Crippen molar-refractivity contribution in [3.63, 3.8) is 0 Å². The number of hydrogen-bond donors (Lipinski definition) is 2. The number of aromatic hydroxyl groups is 1. The Balaban J connectivity index is 0.00000205. The zero-order valence-electron chi connectivity index (χ0n) is 15.4. The van der Waals surface area contributed by atoms with Crippen molar-refractivity contribution in [3.8, 4) is 34.5 Å². The summed E-state index contributed by atoms with van der Waals surface area (Å²) in [7, 11) is 0. The fraction of sp³-hybridized carbons (Fsp3) is 0.200. The highest BCUT2D eigenvalue weighted by Gasteiger charge is 2.32. The molecule has 148 valence electrons. The van der Waals surface area contributed by atoms with Gasteiger partial charge in [-0.05, 0) is 35.5 Å². The van der Waals surface area contributed by atoms with Crippen LogP contribution in [0.15, 0.2) is 64.3 Å². The van der Waals surface area contributed by atoms with E-state index in [0.717, 1.165) is 24.2 Å². The van der Waals surface area contributed by atoms with Crippen molar-refractivity contribution in [2.24, 2.45) is 0 Å². The molecule has 29 heavy (non-hydrogen) atoms. The van der Waals surface area contributed by atoms with Crippen molar-refractivity contribution in [3.05, 3.63) is 60.9 Å². The molecule has 0 bridgehead atoms. The maximum Gasteiger partial charge on any atom is 0.252 e. The van der Waals surface area contributed by atoms with Gasteiger partial charge in [-0.15, -0.1) is 0 Å². The zero-order chi connectivity index (χ0) is 18.9. The summed E-state index contributed by atoms with van der Waals surface area (Å²) in [6.07, 6.45) is 8.17. The Hall–Kier alpha value is -3.72. The van der Waals surface area contributed by atoms with Gasteiger partial charge in [-0.3, -0.25) is 0 Å². The standard InChI is InChI=1S/C20H16N4O4.H3N/c25-19-7-17(28-24-19)16-8-23-20(10-22-16)27-15-5-14(6-15)12-2-1-3-13(4-12)18-9-21-11-26-18;/h1-4,7-11,14-15H,5-6H2,(H,24,25);1H3/t14-,15+;. The maximum absolute atomic E-state index is 9.23. The molecular weight excluding hydrogens is 374 g/mol. The third-order valence-corrected chi connectivity index (χ3v) is 4.84. The predicted octanol–water partition coefficient (Wildman–Crippen LogP) is 3.98. The van der Waals surface area contributed by atoms with Crippen LogP contribution in [-0.4, -0.2) is 31.3 Å². The number of oxazole rings is 1. The molecule has 1 aromatic carbocycles. The minimum absolute atomic E-state index is 0. The van der Waals surface area contributed by atoms with Crippen LogP contribution < -0.4 is 10.9 Å². The molecule has 0 spiro atoms. The molecule has 0 radical (unpaired) electrons. The number of rotatable bonds is 5. The second-order valence-corrected chi connectivity index (χ2v) is 6.69. The van der Waals surface area contributed by atoms with E-state index in [0.29, 0.717) is 23.3 Å². The molecule has 9 heteroatoms. The highest BCUT2D eigenvalue weighted by molar-refractivity contribution is 5.57. The molecule has 0 aliphatic heterocycles. The molecule has 4 aromatic rings. The topological polar surface area (TPSA) is 142 Å². The van der Waals surface area contributed by atoms with Gasteiger partial charge in [-0.2, -0.15) is 0 Å². The molecule has 1 aliphatic carbocycles. The Labute approximate surface area is 166 Å². The molecule has 1 saturated carbocycles. The molecule has 3 heterocycles. The molecule has 4 N–H and O–H groups in total. The first-order chi connectivity index (χ1) is 13.7. The summed E-state index contributed by atoms with van der Waals surface area (Å²) in [5.41, 5.74) is 2.77. The van der Waals surface area contributed by atoms with Gasteiger partial charge in [0.1, 0.15) is 11.8 Å². The lowest BCUT2D eigenvalue weighted by molar-refractivity contribution is 0.0931. The number of hydrogen-bond acceptors (Lipinski definition) is 9. The molecule has 9 nitrogen and oxygen atoms in total. The van der Waals surface area contributed by atoms with Crippen molar-refractivity contribution in [2.45, 2.75) is 24.9 Å². The van der Waals surface area contributed by atoms with Crippen LogP contribution in [0.1, 0.15) is 24.3 Å². The smallest absolute Gasteiger partial charge is 0.252 e. The molecule has 0 amide bonds. The first-order valence-corrected chi connectivity index (χ1v) is 8.88. The fourth-order valence-corrected chi connectivity index (χ4v) is 3.30. The van der Waals surface area contributed by atoms with E-state index in [1.807, 2.05) is 12.1 Å². The Bertz CT molecular complexity index is 1070. The van der Waals surface area contributed by atoms with Crippen LogP contribution in [0.4, 0.5) is 0 Å². The Morgan fingerprint density at radius 1 is 1.03 bits per heavy atom. The van der Waals surface area contributed by atoms with Crippen molar-refractivity contribution >= 4 is 0 Å². The minimum Gasteiger partial charge on any atom is -0.491 e. The van der Waals surface area contributed by atoms with E-state index in [9.17, 15) is 5.11 Å². The van der Waals surface area contributed by atoms with Gasteiger partial charge in [0, 0.05) is 5.56 Å². The summed E-state index contributed by atoms with van der Waals surface area (Å²) in [5.74, 6) is 1.84. The van der Waals surface area contributed by atoms with Crippen LogP contribution in [0.3, 0.4) is 0 Å². The van der Waals surface area contributed by atoms with Crippen LogP contribution in [0.25, 0.3) is 22.8 Å². The summed E-state index contributed by atoms with van der Waals surface area (Å²) in [5, 5.41) is 12.6. The lowest BCUT2D eigenvalue weighted by Gasteiger charge is -2.35. The van der Waals surface area contributed by atoms with Crippen LogP contribution >= 0.6 is 0 Å². The predicted molar refractivity (Wildman–Crippen MR) is 103 cm³/mol. The van der Waals surface area contributed by atoms with E-state index >= 15 is 0 Å².